The van der Waals surface area contributed by atoms with Crippen molar-refractivity contribution in [2.24, 2.45) is 0 Å². The average molecular weight is 402 g/mol. The first-order chi connectivity index (χ1) is 14.5. The first kappa shape index (κ1) is 19.6. The van der Waals surface area contributed by atoms with Gasteiger partial charge >= 0.3 is 0 Å². The van der Waals surface area contributed by atoms with Crippen LogP contribution in [-0.4, -0.2) is 28.1 Å². The second-order valence-corrected chi connectivity index (χ2v) is 7.24. The molecule has 4 rings (SSSR count). The number of carbonyl (C=O) groups is 2. The van der Waals surface area contributed by atoms with E-state index in [9.17, 15) is 14.4 Å². The van der Waals surface area contributed by atoms with Crippen molar-refractivity contribution in [2.75, 3.05) is 11.4 Å². The number of hydrogen-bond donors (Lipinski definition) is 1. The summed E-state index contributed by atoms with van der Waals surface area (Å²) in [5.74, 6) is -0.389. The smallest absolute Gasteiger partial charge is 0.276 e. The number of aromatic nitrogens is 2. The van der Waals surface area contributed by atoms with E-state index in [1.54, 1.807) is 16.5 Å². The van der Waals surface area contributed by atoms with Gasteiger partial charge in [0.15, 0.2) is 5.69 Å². The molecule has 0 atom stereocenters. The molecule has 1 aliphatic rings. The topological polar surface area (TPSA) is 84.3 Å². The Balaban J connectivity index is 1.48. The summed E-state index contributed by atoms with van der Waals surface area (Å²) in [7, 11) is 0. The zero-order chi connectivity index (χ0) is 21.1. The van der Waals surface area contributed by atoms with Crippen molar-refractivity contribution < 1.29 is 9.59 Å². The summed E-state index contributed by atoms with van der Waals surface area (Å²) in [6.45, 7) is 2.77. The van der Waals surface area contributed by atoms with Gasteiger partial charge in [-0.2, -0.15) is 5.10 Å². The van der Waals surface area contributed by atoms with E-state index in [1.807, 2.05) is 54.6 Å². The highest BCUT2D eigenvalue weighted by Gasteiger charge is 2.21. The van der Waals surface area contributed by atoms with Gasteiger partial charge in [-0.3, -0.25) is 14.4 Å². The number of anilines is 1. The highest BCUT2D eigenvalue weighted by Crippen LogP contribution is 2.21. The average Bonchev–Trinajstić information content (AvgIpc) is 3.19. The molecule has 30 heavy (non-hydrogen) atoms. The minimum absolute atomic E-state index is 0.135. The predicted octanol–water partition coefficient (Wildman–Crippen LogP) is 2.60. The quantitative estimate of drug-likeness (QED) is 0.711. The predicted molar refractivity (Wildman–Crippen MR) is 114 cm³/mol. The van der Waals surface area contributed by atoms with Crippen LogP contribution in [-0.2, 0) is 11.3 Å². The molecule has 3 aromatic rings. The summed E-state index contributed by atoms with van der Waals surface area (Å²) in [6.07, 6.45) is 1.46. The summed E-state index contributed by atoms with van der Waals surface area (Å²) in [5.41, 5.74) is 2.59. The Morgan fingerprint density at radius 3 is 2.43 bits per heavy atom. The van der Waals surface area contributed by atoms with Gasteiger partial charge in [-0.25, -0.2) is 4.68 Å². The van der Waals surface area contributed by atoms with E-state index in [4.69, 9.17) is 0 Å². The first-order valence-corrected chi connectivity index (χ1v) is 9.87. The van der Waals surface area contributed by atoms with Crippen molar-refractivity contribution in [3.63, 3.8) is 0 Å². The maximum Gasteiger partial charge on any atom is 0.276 e. The number of rotatable bonds is 5. The molecule has 0 spiro atoms. The Morgan fingerprint density at radius 1 is 1.03 bits per heavy atom. The molecule has 2 amide bonds. The molecule has 0 aliphatic carbocycles. The molecule has 1 saturated heterocycles. The SMILES string of the molecule is Cc1cc(=O)c(C(=O)NCc2ccc(N3CCCC3=O)cc2)nn1-c1ccccc1. The molecule has 0 bridgehead atoms. The van der Waals surface area contributed by atoms with E-state index in [0.717, 1.165) is 29.9 Å². The summed E-state index contributed by atoms with van der Waals surface area (Å²) in [4.78, 5) is 38.6. The number of benzene rings is 2. The van der Waals surface area contributed by atoms with E-state index in [2.05, 4.69) is 10.4 Å². The Bertz CT molecular complexity index is 1140. The molecule has 2 aromatic carbocycles. The maximum atomic E-state index is 12.6. The molecule has 1 aliphatic heterocycles. The number of hydrogen-bond acceptors (Lipinski definition) is 4. The zero-order valence-corrected chi connectivity index (χ0v) is 16.7. The molecule has 7 heteroatoms. The largest absolute Gasteiger partial charge is 0.346 e. The Morgan fingerprint density at radius 2 is 1.77 bits per heavy atom. The van der Waals surface area contributed by atoms with Crippen LogP contribution in [0.5, 0.6) is 0 Å². The van der Waals surface area contributed by atoms with Gasteiger partial charge in [-0.15, -0.1) is 0 Å². The lowest BCUT2D eigenvalue weighted by molar-refractivity contribution is -0.117. The number of amides is 2. The van der Waals surface area contributed by atoms with E-state index < -0.39 is 11.3 Å². The third-order valence-electron chi connectivity index (χ3n) is 5.10. The number of carbonyl (C=O) groups excluding carboxylic acids is 2. The number of aryl methyl sites for hydroxylation is 1. The van der Waals surface area contributed by atoms with Gasteiger partial charge < -0.3 is 10.2 Å². The van der Waals surface area contributed by atoms with Crippen LogP contribution in [0.1, 0.15) is 34.6 Å². The van der Waals surface area contributed by atoms with Crippen LogP contribution < -0.4 is 15.6 Å². The molecule has 1 aromatic heterocycles. The molecule has 0 saturated carbocycles. The number of nitrogens with zero attached hydrogens (tertiary/aromatic N) is 3. The molecule has 0 radical (unpaired) electrons. The van der Waals surface area contributed by atoms with Crippen LogP contribution in [0.15, 0.2) is 65.5 Å². The van der Waals surface area contributed by atoms with Crippen molar-refractivity contribution in [3.05, 3.63) is 87.8 Å². The fourth-order valence-corrected chi connectivity index (χ4v) is 3.52. The fraction of sp³-hybridized carbons (Fsp3) is 0.217. The van der Waals surface area contributed by atoms with Crippen molar-refractivity contribution in [2.45, 2.75) is 26.3 Å². The Hall–Kier alpha value is -3.74. The van der Waals surface area contributed by atoms with Gasteiger partial charge in [-0.1, -0.05) is 30.3 Å². The summed E-state index contributed by atoms with van der Waals surface area (Å²) in [6, 6.07) is 18.2. The van der Waals surface area contributed by atoms with E-state index in [-0.39, 0.29) is 18.1 Å². The van der Waals surface area contributed by atoms with Crippen LogP contribution in [0.4, 0.5) is 5.69 Å². The maximum absolute atomic E-state index is 12.6. The monoisotopic (exact) mass is 402 g/mol. The summed E-state index contributed by atoms with van der Waals surface area (Å²) < 4.78 is 1.58. The Kier molecular flexibility index (Phi) is 5.43. The second kappa shape index (κ2) is 8.32. The van der Waals surface area contributed by atoms with Gasteiger partial charge in [0.1, 0.15) is 0 Å². The van der Waals surface area contributed by atoms with Crippen LogP contribution >= 0.6 is 0 Å². The highest BCUT2D eigenvalue weighted by atomic mass is 16.2. The lowest BCUT2D eigenvalue weighted by atomic mass is 10.2. The second-order valence-electron chi connectivity index (χ2n) is 7.24. The van der Waals surface area contributed by atoms with Crippen LogP contribution in [0.2, 0.25) is 0 Å². The van der Waals surface area contributed by atoms with Gasteiger partial charge in [-0.05, 0) is 43.2 Å². The van der Waals surface area contributed by atoms with Gasteiger partial charge in [0, 0.05) is 37.0 Å². The minimum atomic E-state index is -0.525. The third-order valence-corrected chi connectivity index (χ3v) is 5.10. The van der Waals surface area contributed by atoms with Gasteiger partial charge in [0.2, 0.25) is 11.3 Å². The lowest BCUT2D eigenvalue weighted by Crippen LogP contribution is -2.31. The van der Waals surface area contributed by atoms with Crippen LogP contribution in [0, 0.1) is 6.92 Å². The normalized spacial score (nSPS) is 13.5. The van der Waals surface area contributed by atoms with Crippen molar-refractivity contribution in [3.8, 4) is 5.69 Å². The van der Waals surface area contributed by atoms with Crippen molar-refractivity contribution in [1.29, 1.82) is 0 Å². The van der Waals surface area contributed by atoms with E-state index in [0.29, 0.717) is 12.1 Å². The van der Waals surface area contributed by atoms with E-state index >= 15 is 0 Å². The Labute approximate surface area is 174 Å². The van der Waals surface area contributed by atoms with Crippen molar-refractivity contribution in [1.82, 2.24) is 15.1 Å². The highest BCUT2D eigenvalue weighted by molar-refractivity contribution is 5.95. The first-order valence-electron chi connectivity index (χ1n) is 9.87. The fourth-order valence-electron chi connectivity index (χ4n) is 3.52. The zero-order valence-electron chi connectivity index (χ0n) is 16.7. The standard InChI is InChI=1S/C23H22N4O3/c1-16-14-20(28)22(25-27(16)19-6-3-2-4-7-19)23(30)24-15-17-9-11-18(12-10-17)26-13-5-8-21(26)29/h2-4,6-7,9-12,14H,5,8,13,15H2,1H3,(H,24,30). The minimum Gasteiger partial charge on any atom is -0.346 e. The lowest BCUT2D eigenvalue weighted by Gasteiger charge is -2.16. The van der Waals surface area contributed by atoms with Gasteiger partial charge in [0.25, 0.3) is 5.91 Å². The third kappa shape index (κ3) is 4.00. The molecule has 1 N–H and O–H groups in total. The molecule has 2 heterocycles. The van der Waals surface area contributed by atoms with E-state index in [1.165, 1.54) is 6.07 Å². The molecule has 7 nitrogen and oxygen atoms in total. The summed E-state index contributed by atoms with van der Waals surface area (Å²) >= 11 is 0. The van der Waals surface area contributed by atoms with Crippen LogP contribution in [0.3, 0.4) is 0 Å². The van der Waals surface area contributed by atoms with Gasteiger partial charge in [0.05, 0.1) is 5.69 Å². The van der Waals surface area contributed by atoms with Crippen molar-refractivity contribution >= 4 is 17.5 Å². The number of para-hydroxylation sites is 1. The number of nitrogens with one attached hydrogen (secondary N) is 1. The molecule has 1 fully saturated rings. The molecule has 0 unspecified atom stereocenters. The van der Waals surface area contributed by atoms with Crippen LogP contribution in [0.25, 0.3) is 5.69 Å². The molecular formula is C23H22N4O3. The molecule has 152 valence electrons. The molecular weight excluding hydrogens is 380 g/mol. The summed E-state index contributed by atoms with van der Waals surface area (Å²) in [5, 5.41) is 7.03.